The zero-order chi connectivity index (χ0) is 55.0. The summed E-state index contributed by atoms with van der Waals surface area (Å²) in [4.78, 5) is 13.1. The Bertz CT molecular complexity index is 1250. The molecule has 0 spiro atoms. The lowest BCUT2D eigenvalue weighted by Crippen LogP contribution is -2.60. The van der Waals surface area contributed by atoms with Crippen LogP contribution in [0.25, 0.3) is 0 Å². The molecule has 76 heavy (non-hydrogen) atoms. The van der Waals surface area contributed by atoms with Crippen molar-refractivity contribution in [2.45, 2.75) is 384 Å². The first-order valence-electron chi connectivity index (χ1n) is 33.6. The van der Waals surface area contributed by atoms with Gasteiger partial charge in [0.2, 0.25) is 5.91 Å². The summed E-state index contributed by atoms with van der Waals surface area (Å²) in [6, 6.07) is -0.819. The number of carbonyl (C=O) groups excluding carboxylic acids is 1. The minimum absolute atomic E-state index is 0.179. The Balaban J connectivity index is 2.15. The average molecular weight is 1080 g/mol. The van der Waals surface area contributed by atoms with E-state index in [1.165, 1.54) is 283 Å². The van der Waals surface area contributed by atoms with Crippen molar-refractivity contribution in [1.29, 1.82) is 0 Å². The molecule has 1 amide bonds. The van der Waals surface area contributed by atoms with Crippen LogP contribution in [-0.2, 0) is 14.3 Å². The van der Waals surface area contributed by atoms with Gasteiger partial charge in [-0.2, -0.15) is 0 Å². The lowest BCUT2D eigenvalue weighted by atomic mass is 9.99. The molecule has 6 N–H and O–H groups in total. The van der Waals surface area contributed by atoms with E-state index < -0.39 is 49.5 Å². The molecule has 1 saturated heterocycles. The highest BCUT2D eigenvalue weighted by atomic mass is 16.7. The summed E-state index contributed by atoms with van der Waals surface area (Å²) < 4.78 is 11.3. The van der Waals surface area contributed by atoms with Crippen molar-refractivity contribution in [2.24, 2.45) is 0 Å². The van der Waals surface area contributed by atoms with E-state index in [1.807, 2.05) is 6.08 Å². The zero-order valence-corrected chi connectivity index (χ0v) is 50.3. The molecule has 7 unspecified atom stereocenters. The smallest absolute Gasteiger partial charge is 0.220 e. The van der Waals surface area contributed by atoms with Crippen molar-refractivity contribution < 1.29 is 39.8 Å². The molecular weight excluding hydrogens is 947 g/mol. The van der Waals surface area contributed by atoms with Crippen LogP contribution < -0.4 is 5.32 Å². The summed E-state index contributed by atoms with van der Waals surface area (Å²) in [7, 11) is 0. The molecule has 1 aliphatic heterocycles. The normalized spacial score (nSPS) is 18.9. The highest BCUT2D eigenvalue weighted by Crippen LogP contribution is 2.23. The summed E-state index contributed by atoms with van der Waals surface area (Å²) in [5.74, 6) is -0.179. The number of carbonyl (C=O) groups is 1. The van der Waals surface area contributed by atoms with Gasteiger partial charge in [-0.25, -0.2) is 0 Å². The standard InChI is InChI=1S/C67H129NO8/c1-3-5-7-9-11-13-15-17-19-21-23-25-26-27-28-29-30-31-32-33-34-35-37-38-40-42-44-46-48-50-52-54-56-61(70)60(59-75-67-66(74)65(73)64(72)62(58-69)76-67)68-63(71)57-55-53-51-49-47-45-43-41-39-36-24-22-20-18-16-14-12-10-8-6-4-2/h46,48,54,56,60-62,64-67,69-70,72-74H,3-45,47,49-53,55,57-59H2,1-2H3,(H,68,71)/b48-46+,56-54+. The van der Waals surface area contributed by atoms with E-state index in [0.29, 0.717) is 6.42 Å². The van der Waals surface area contributed by atoms with Crippen LogP contribution in [-0.4, -0.2) is 87.5 Å². The second-order valence-electron chi connectivity index (χ2n) is 23.6. The number of nitrogens with one attached hydrogen (secondary N) is 1. The number of unbranched alkanes of at least 4 members (excludes halogenated alkanes) is 47. The fourth-order valence-electron chi connectivity index (χ4n) is 11.0. The molecule has 0 bridgehead atoms. The molecule has 0 aliphatic carbocycles. The molecule has 9 heteroatoms. The van der Waals surface area contributed by atoms with E-state index in [4.69, 9.17) is 9.47 Å². The first-order valence-corrected chi connectivity index (χ1v) is 33.6. The Morgan fingerprint density at radius 2 is 0.750 bits per heavy atom. The topological polar surface area (TPSA) is 149 Å². The van der Waals surface area contributed by atoms with Crippen LogP contribution in [0.5, 0.6) is 0 Å². The average Bonchev–Trinajstić information content (AvgIpc) is 3.42. The Labute approximate surface area is 470 Å². The van der Waals surface area contributed by atoms with Gasteiger partial charge in [0.25, 0.3) is 0 Å². The summed E-state index contributed by atoms with van der Waals surface area (Å²) in [6.45, 7) is 3.82. The largest absolute Gasteiger partial charge is 0.394 e. The van der Waals surface area contributed by atoms with Crippen molar-refractivity contribution >= 4 is 5.91 Å². The van der Waals surface area contributed by atoms with E-state index in [2.05, 4.69) is 31.3 Å². The molecule has 450 valence electrons. The number of amides is 1. The van der Waals surface area contributed by atoms with Gasteiger partial charge in [0, 0.05) is 6.42 Å². The van der Waals surface area contributed by atoms with Gasteiger partial charge in [-0.05, 0) is 32.1 Å². The Hall–Kier alpha value is -1.33. The third-order valence-electron chi connectivity index (χ3n) is 16.3. The first-order chi connectivity index (χ1) is 37.3. The lowest BCUT2D eigenvalue weighted by molar-refractivity contribution is -0.302. The summed E-state index contributed by atoms with van der Waals surface area (Å²) in [5.41, 5.74) is 0. The Morgan fingerprint density at radius 3 is 1.11 bits per heavy atom. The van der Waals surface area contributed by atoms with Gasteiger partial charge in [0.05, 0.1) is 25.4 Å². The van der Waals surface area contributed by atoms with Gasteiger partial charge in [-0.3, -0.25) is 4.79 Å². The number of hydrogen-bond acceptors (Lipinski definition) is 8. The third-order valence-corrected chi connectivity index (χ3v) is 16.3. The van der Waals surface area contributed by atoms with Crippen LogP contribution in [0.2, 0.25) is 0 Å². The van der Waals surface area contributed by atoms with Gasteiger partial charge in [0.15, 0.2) is 6.29 Å². The highest BCUT2D eigenvalue weighted by molar-refractivity contribution is 5.76. The second-order valence-corrected chi connectivity index (χ2v) is 23.6. The van der Waals surface area contributed by atoms with Gasteiger partial charge in [-0.1, -0.05) is 327 Å². The molecule has 9 nitrogen and oxygen atoms in total. The van der Waals surface area contributed by atoms with E-state index in [1.54, 1.807) is 6.08 Å². The van der Waals surface area contributed by atoms with Crippen LogP contribution in [0, 0.1) is 0 Å². The monoisotopic (exact) mass is 1080 g/mol. The molecule has 7 atom stereocenters. The molecule has 1 aliphatic rings. The molecular formula is C67H129NO8. The molecule has 0 aromatic heterocycles. The maximum absolute atomic E-state index is 13.1. The second kappa shape index (κ2) is 56.9. The number of hydrogen-bond donors (Lipinski definition) is 6. The van der Waals surface area contributed by atoms with Crippen molar-refractivity contribution in [3.63, 3.8) is 0 Å². The predicted molar refractivity (Wildman–Crippen MR) is 323 cm³/mol. The van der Waals surface area contributed by atoms with Crippen molar-refractivity contribution in [3.8, 4) is 0 Å². The number of aliphatic hydroxyl groups excluding tert-OH is 5. The van der Waals surface area contributed by atoms with E-state index in [-0.39, 0.29) is 12.5 Å². The molecule has 0 saturated carbocycles. The molecule has 0 radical (unpaired) electrons. The number of rotatable bonds is 59. The van der Waals surface area contributed by atoms with Crippen LogP contribution in [0.4, 0.5) is 0 Å². The predicted octanol–water partition coefficient (Wildman–Crippen LogP) is 17.7. The highest BCUT2D eigenvalue weighted by Gasteiger charge is 2.44. The lowest BCUT2D eigenvalue weighted by Gasteiger charge is -2.40. The SMILES string of the molecule is CCCCCCCCCCCCCCCCCCCCCCCCCCCC/C=C/CC/C=C/C(O)C(COC1OC(CO)C(O)C(O)C1O)NC(=O)CCCCCCCCCCCCCCCCCCCCCCC. The van der Waals surface area contributed by atoms with Crippen LogP contribution in [0.1, 0.15) is 341 Å². The van der Waals surface area contributed by atoms with Gasteiger partial charge in [0.1, 0.15) is 24.4 Å². The van der Waals surface area contributed by atoms with Crippen molar-refractivity contribution in [3.05, 3.63) is 24.3 Å². The summed E-state index contributed by atoms with van der Waals surface area (Å²) in [6.07, 6.45) is 67.1. The third kappa shape index (κ3) is 45.4. The van der Waals surface area contributed by atoms with Gasteiger partial charge in [-0.15, -0.1) is 0 Å². The van der Waals surface area contributed by atoms with Crippen molar-refractivity contribution in [2.75, 3.05) is 13.2 Å². The van der Waals surface area contributed by atoms with E-state index in [0.717, 1.165) is 38.5 Å². The van der Waals surface area contributed by atoms with E-state index >= 15 is 0 Å². The summed E-state index contributed by atoms with van der Waals surface area (Å²) >= 11 is 0. The minimum Gasteiger partial charge on any atom is -0.394 e. The Kier molecular flexibility index (Phi) is 54.4. The molecule has 1 fully saturated rings. The number of allylic oxidation sites excluding steroid dienone is 3. The quantitative estimate of drug-likeness (QED) is 0.0261. The fraction of sp³-hybridized carbons (Fsp3) is 0.925. The maximum atomic E-state index is 13.1. The number of aliphatic hydroxyl groups is 5. The number of ether oxygens (including phenoxy) is 2. The van der Waals surface area contributed by atoms with Gasteiger partial charge < -0.3 is 40.3 Å². The van der Waals surface area contributed by atoms with Gasteiger partial charge >= 0.3 is 0 Å². The summed E-state index contributed by atoms with van der Waals surface area (Å²) in [5, 5.41) is 54.7. The maximum Gasteiger partial charge on any atom is 0.220 e. The fourth-order valence-corrected chi connectivity index (χ4v) is 11.0. The van der Waals surface area contributed by atoms with Crippen molar-refractivity contribution in [1.82, 2.24) is 5.32 Å². The van der Waals surface area contributed by atoms with Crippen LogP contribution >= 0.6 is 0 Å². The Morgan fingerprint density at radius 1 is 0.434 bits per heavy atom. The van der Waals surface area contributed by atoms with Crippen LogP contribution in [0.3, 0.4) is 0 Å². The van der Waals surface area contributed by atoms with Crippen LogP contribution in [0.15, 0.2) is 24.3 Å². The minimum atomic E-state index is -1.57. The molecule has 0 aromatic rings. The first kappa shape index (κ1) is 72.7. The van der Waals surface area contributed by atoms with E-state index in [9.17, 15) is 30.3 Å². The zero-order valence-electron chi connectivity index (χ0n) is 50.3. The molecule has 1 heterocycles. The molecule has 1 rings (SSSR count). The molecule has 0 aromatic carbocycles.